The first-order valence-corrected chi connectivity index (χ1v) is 7.43. The van der Waals surface area contributed by atoms with Crippen molar-refractivity contribution >= 4 is 41.0 Å². The molecule has 1 aliphatic rings. The first kappa shape index (κ1) is 16.0. The molecule has 1 saturated heterocycles. The molecule has 1 fully saturated rings. The van der Waals surface area contributed by atoms with Gasteiger partial charge in [0.2, 0.25) is 11.7 Å². The highest BCUT2D eigenvalue weighted by Crippen LogP contribution is 2.31. The van der Waals surface area contributed by atoms with E-state index < -0.39 is 0 Å². The lowest BCUT2D eigenvalue weighted by atomic mass is 10.2. The number of rotatable bonds is 2. The SMILES string of the molecule is Cl.N=C(N)N1CCCC1c1nc(-c2ccc(I)cc2)no1. The van der Waals surface area contributed by atoms with Crippen molar-refractivity contribution in [2.45, 2.75) is 18.9 Å². The van der Waals surface area contributed by atoms with Gasteiger partial charge >= 0.3 is 0 Å². The molecule has 3 rings (SSSR count). The number of guanidine groups is 1. The average molecular weight is 420 g/mol. The maximum absolute atomic E-state index is 7.58. The van der Waals surface area contributed by atoms with Crippen molar-refractivity contribution in [3.05, 3.63) is 33.7 Å². The van der Waals surface area contributed by atoms with Crippen LogP contribution in [0.2, 0.25) is 0 Å². The lowest BCUT2D eigenvalue weighted by molar-refractivity contribution is 0.283. The van der Waals surface area contributed by atoms with Gasteiger partial charge in [-0.2, -0.15) is 4.98 Å². The van der Waals surface area contributed by atoms with E-state index in [1.165, 1.54) is 0 Å². The Morgan fingerprint density at radius 2 is 2.10 bits per heavy atom. The van der Waals surface area contributed by atoms with Crippen LogP contribution < -0.4 is 5.73 Å². The lowest BCUT2D eigenvalue weighted by Gasteiger charge is -2.21. The quantitative estimate of drug-likeness (QED) is 0.444. The summed E-state index contributed by atoms with van der Waals surface area (Å²) in [6.07, 6.45) is 1.86. The highest BCUT2D eigenvalue weighted by Gasteiger charge is 2.31. The van der Waals surface area contributed by atoms with Crippen molar-refractivity contribution in [3.63, 3.8) is 0 Å². The van der Waals surface area contributed by atoms with Crippen molar-refractivity contribution in [2.75, 3.05) is 6.54 Å². The number of nitrogens with two attached hydrogens (primary N) is 1. The second-order valence-electron chi connectivity index (χ2n) is 4.70. The van der Waals surface area contributed by atoms with E-state index in [2.05, 4.69) is 32.7 Å². The predicted octanol–water partition coefficient (Wildman–Crippen LogP) is 2.79. The van der Waals surface area contributed by atoms with Gasteiger partial charge in [0.25, 0.3) is 0 Å². The molecule has 2 heterocycles. The first-order chi connectivity index (χ1) is 9.65. The van der Waals surface area contributed by atoms with Crippen LogP contribution in [-0.2, 0) is 0 Å². The zero-order valence-corrected chi connectivity index (χ0v) is 14.1. The largest absolute Gasteiger partial charge is 0.370 e. The average Bonchev–Trinajstić information content (AvgIpc) is 3.08. The first-order valence-electron chi connectivity index (χ1n) is 6.35. The van der Waals surface area contributed by atoms with Gasteiger partial charge < -0.3 is 15.2 Å². The van der Waals surface area contributed by atoms with Crippen molar-refractivity contribution in [3.8, 4) is 11.4 Å². The molecule has 0 radical (unpaired) electrons. The fourth-order valence-corrected chi connectivity index (χ4v) is 2.76. The van der Waals surface area contributed by atoms with E-state index in [1.54, 1.807) is 4.90 Å². The van der Waals surface area contributed by atoms with Gasteiger partial charge in [-0.15, -0.1) is 12.4 Å². The summed E-state index contributed by atoms with van der Waals surface area (Å²) in [5.74, 6) is 1.17. The number of hydrogen-bond donors (Lipinski definition) is 2. The van der Waals surface area contributed by atoms with Crippen LogP contribution in [0.1, 0.15) is 24.8 Å². The Labute approximate surface area is 142 Å². The number of nitrogens with one attached hydrogen (secondary N) is 1. The minimum absolute atomic E-state index is 0. The number of hydrogen-bond acceptors (Lipinski definition) is 4. The molecule has 1 atom stereocenters. The maximum Gasteiger partial charge on any atom is 0.249 e. The topological polar surface area (TPSA) is 92.0 Å². The third-order valence-electron chi connectivity index (χ3n) is 3.39. The summed E-state index contributed by atoms with van der Waals surface area (Å²) < 4.78 is 6.52. The molecule has 8 heteroatoms. The minimum atomic E-state index is -0.0717. The van der Waals surface area contributed by atoms with Crippen LogP contribution in [0.5, 0.6) is 0 Å². The molecule has 0 spiro atoms. The van der Waals surface area contributed by atoms with E-state index in [0.29, 0.717) is 11.7 Å². The molecule has 1 aliphatic heterocycles. The summed E-state index contributed by atoms with van der Waals surface area (Å²) in [6, 6.07) is 7.87. The van der Waals surface area contributed by atoms with E-state index in [4.69, 9.17) is 15.7 Å². The molecule has 112 valence electrons. The van der Waals surface area contributed by atoms with Crippen LogP contribution in [0, 0.1) is 8.98 Å². The normalized spacial score (nSPS) is 17.6. The Morgan fingerprint density at radius 3 is 2.76 bits per heavy atom. The van der Waals surface area contributed by atoms with Gasteiger partial charge in [-0.1, -0.05) is 17.3 Å². The standard InChI is InChI=1S/C13H14IN5O.ClH/c14-9-5-3-8(4-6-9)11-17-12(20-18-11)10-2-1-7-19(10)13(15)16;/h3-6,10H,1-2,7H2,(H3,15,16);1H. The van der Waals surface area contributed by atoms with Crippen molar-refractivity contribution in [1.82, 2.24) is 15.0 Å². The molecule has 3 N–H and O–H groups in total. The smallest absolute Gasteiger partial charge is 0.249 e. The highest BCUT2D eigenvalue weighted by atomic mass is 127. The third kappa shape index (κ3) is 3.29. The molecule has 0 aliphatic carbocycles. The third-order valence-corrected chi connectivity index (χ3v) is 4.11. The molecule has 1 aromatic carbocycles. The van der Waals surface area contributed by atoms with Crippen LogP contribution in [0.4, 0.5) is 0 Å². The second-order valence-corrected chi connectivity index (χ2v) is 5.95. The number of aromatic nitrogens is 2. The molecular weight excluding hydrogens is 405 g/mol. The number of benzene rings is 1. The van der Waals surface area contributed by atoms with E-state index in [-0.39, 0.29) is 24.4 Å². The monoisotopic (exact) mass is 419 g/mol. The summed E-state index contributed by atoms with van der Waals surface area (Å²) in [4.78, 5) is 6.25. The fourth-order valence-electron chi connectivity index (χ4n) is 2.40. The second kappa shape index (κ2) is 6.61. The molecule has 6 nitrogen and oxygen atoms in total. The lowest BCUT2D eigenvalue weighted by Crippen LogP contribution is -2.35. The number of likely N-dealkylation sites (tertiary alicyclic amines) is 1. The minimum Gasteiger partial charge on any atom is -0.370 e. The molecule has 0 bridgehead atoms. The zero-order valence-electron chi connectivity index (χ0n) is 11.1. The number of halogens is 2. The Hall–Kier alpha value is -1.35. The van der Waals surface area contributed by atoms with Gasteiger partial charge in [-0.3, -0.25) is 5.41 Å². The van der Waals surface area contributed by atoms with Gasteiger partial charge in [0.1, 0.15) is 6.04 Å². The summed E-state index contributed by atoms with van der Waals surface area (Å²) >= 11 is 2.25. The molecule has 1 aromatic heterocycles. The van der Waals surface area contributed by atoms with E-state index in [1.807, 2.05) is 24.3 Å². The Bertz CT molecular complexity index is 630. The van der Waals surface area contributed by atoms with E-state index in [0.717, 1.165) is 28.5 Å². The van der Waals surface area contributed by atoms with Crippen LogP contribution in [0.15, 0.2) is 28.8 Å². The molecular formula is C13H15ClIN5O. The van der Waals surface area contributed by atoms with Gasteiger partial charge in [0, 0.05) is 15.7 Å². The van der Waals surface area contributed by atoms with Crippen LogP contribution in [0.3, 0.4) is 0 Å². The van der Waals surface area contributed by atoms with Gasteiger partial charge in [0.05, 0.1) is 0 Å². The van der Waals surface area contributed by atoms with Gasteiger partial charge in [0.15, 0.2) is 5.96 Å². The summed E-state index contributed by atoms with van der Waals surface area (Å²) in [5.41, 5.74) is 6.50. The predicted molar refractivity (Wildman–Crippen MR) is 90.3 cm³/mol. The summed E-state index contributed by atoms with van der Waals surface area (Å²) in [7, 11) is 0. The van der Waals surface area contributed by atoms with Crippen LogP contribution in [0.25, 0.3) is 11.4 Å². The Morgan fingerprint density at radius 1 is 1.38 bits per heavy atom. The molecule has 2 aromatic rings. The van der Waals surface area contributed by atoms with E-state index in [9.17, 15) is 0 Å². The Kier molecular flexibility index (Phi) is 5.04. The molecule has 0 saturated carbocycles. The van der Waals surface area contributed by atoms with Gasteiger partial charge in [-0.25, -0.2) is 0 Å². The fraction of sp³-hybridized carbons (Fsp3) is 0.308. The van der Waals surface area contributed by atoms with Crippen molar-refractivity contribution in [1.29, 1.82) is 5.41 Å². The molecule has 1 unspecified atom stereocenters. The highest BCUT2D eigenvalue weighted by molar-refractivity contribution is 14.1. The van der Waals surface area contributed by atoms with Crippen molar-refractivity contribution < 1.29 is 4.52 Å². The molecule has 21 heavy (non-hydrogen) atoms. The summed E-state index contributed by atoms with van der Waals surface area (Å²) in [6.45, 7) is 0.765. The number of nitrogens with zero attached hydrogens (tertiary/aromatic N) is 3. The van der Waals surface area contributed by atoms with Gasteiger partial charge in [-0.05, 0) is 47.6 Å². The van der Waals surface area contributed by atoms with E-state index >= 15 is 0 Å². The Balaban J connectivity index is 0.00000161. The van der Waals surface area contributed by atoms with Crippen molar-refractivity contribution in [2.24, 2.45) is 5.73 Å². The maximum atomic E-state index is 7.58. The zero-order chi connectivity index (χ0) is 14.1. The summed E-state index contributed by atoms with van der Waals surface area (Å²) in [5, 5.41) is 11.6. The van der Waals surface area contributed by atoms with Crippen LogP contribution >= 0.6 is 35.0 Å². The molecule has 0 amide bonds. The van der Waals surface area contributed by atoms with Crippen LogP contribution in [-0.4, -0.2) is 27.5 Å².